The number of benzene rings is 1. The predicted octanol–water partition coefficient (Wildman–Crippen LogP) is 1.59. The van der Waals surface area contributed by atoms with Crippen molar-refractivity contribution < 1.29 is 9.47 Å². The van der Waals surface area contributed by atoms with Gasteiger partial charge in [0.05, 0.1) is 19.8 Å². The van der Waals surface area contributed by atoms with Crippen molar-refractivity contribution in [3.63, 3.8) is 0 Å². The molecule has 1 spiro atoms. The van der Waals surface area contributed by atoms with Crippen LogP contribution in [0.5, 0.6) is 0 Å². The van der Waals surface area contributed by atoms with E-state index in [2.05, 4.69) is 45.4 Å². The maximum atomic E-state index is 6.27. The van der Waals surface area contributed by atoms with E-state index in [0.29, 0.717) is 12.5 Å². The van der Waals surface area contributed by atoms with E-state index in [1.165, 1.54) is 5.56 Å². The third-order valence-corrected chi connectivity index (χ3v) is 4.90. The van der Waals surface area contributed by atoms with Crippen LogP contribution in [0.3, 0.4) is 0 Å². The molecule has 6 heteroatoms. The van der Waals surface area contributed by atoms with Crippen LogP contribution in [0.25, 0.3) is 0 Å². The summed E-state index contributed by atoms with van der Waals surface area (Å²) in [7, 11) is 0. The van der Waals surface area contributed by atoms with Crippen molar-refractivity contribution in [3.05, 3.63) is 48.5 Å². The van der Waals surface area contributed by atoms with E-state index in [1.807, 2.05) is 4.57 Å². The first-order valence-electron chi connectivity index (χ1n) is 8.62. The fraction of sp³-hybridized carbons (Fsp3) is 0.556. The van der Waals surface area contributed by atoms with Crippen LogP contribution in [0.15, 0.2) is 43.0 Å². The van der Waals surface area contributed by atoms with Crippen LogP contribution in [0, 0.1) is 5.92 Å². The Morgan fingerprint density at radius 1 is 1.17 bits per heavy atom. The fourth-order valence-electron chi connectivity index (χ4n) is 3.84. The predicted molar refractivity (Wildman–Crippen MR) is 89.4 cm³/mol. The van der Waals surface area contributed by atoms with Gasteiger partial charge in [0.1, 0.15) is 18.3 Å². The van der Waals surface area contributed by atoms with Crippen LogP contribution in [-0.2, 0) is 22.6 Å². The van der Waals surface area contributed by atoms with Gasteiger partial charge in [-0.05, 0) is 12.0 Å². The number of rotatable bonds is 4. The average molecular weight is 328 g/mol. The van der Waals surface area contributed by atoms with E-state index in [9.17, 15) is 0 Å². The lowest BCUT2D eigenvalue weighted by Crippen LogP contribution is -2.43. The van der Waals surface area contributed by atoms with Gasteiger partial charge in [0.2, 0.25) is 0 Å². The van der Waals surface area contributed by atoms with Crippen molar-refractivity contribution in [2.75, 3.05) is 32.9 Å². The van der Waals surface area contributed by atoms with Gasteiger partial charge >= 0.3 is 0 Å². The van der Waals surface area contributed by atoms with Crippen molar-refractivity contribution >= 4 is 0 Å². The third-order valence-electron chi connectivity index (χ3n) is 4.90. The molecule has 128 valence electrons. The number of ether oxygens (including phenoxy) is 2. The molecule has 0 amide bonds. The average Bonchev–Trinajstić information content (AvgIpc) is 3.19. The molecule has 1 aromatic carbocycles. The van der Waals surface area contributed by atoms with Crippen LogP contribution in [0.1, 0.15) is 12.0 Å². The van der Waals surface area contributed by atoms with Crippen LogP contribution in [0.2, 0.25) is 0 Å². The fourth-order valence-corrected chi connectivity index (χ4v) is 3.84. The molecule has 0 N–H and O–H groups in total. The minimum Gasteiger partial charge on any atom is -0.377 e. The van der Waals surface area contributed by atoms with E-state index in [4.69, 9.17) is 9.47 Å². The molecule has 2 atom stereocenters. The van der Waals surface area contributed by atoms with E-state index in [0.717, 1.165) is 45.8 Å². The van der Waals surface area contributed by atoms with E-state index < -0.39 is 0 Å². The monoisotopic (exact) mass is 328 g/mol. The molecule has 0 aliphatic carbocycles. The van der Waals surface area contributed by atoms with Gasteiger partial charge in [-0.1, -0.05) is 30.3 Å². The maximum absolute atomic E-state index is 6.27. The first-order valence-corrected chi connectivity index (χ1v) is 8.62. The first kappa shape index (κ1) is 15.7. The Kier molecular flexibility index (Phi) is 4.60. The van der Waals surface area contributed by atoms with E-state index >= 15 is 0 Å². The largest absolute Gasteiger partial charge is 0.377 e. The highest BCUT2D eigenvalue weighted by molar-refractivity contribution is 5.14. The third kappa shape index (κ3) is 3.66. The Bertz CT molecular complexity index is 634. The molecule has 24 heavy (non-hydrogen) atoms. The van der Waals surface area contributed by atoms with E-state index in [-0.39, 0.29) is 5.60 Å². The SMILES string of the molecule is c1ccc(CN2CCOC[C@]3(C[C@@H](Cn4cnnc4)CO3)C2)cc1. The molecular formula is C18H24N4O2. The van der Waals surface area contributed by atoms with Crippen molar-refractivity contribution in [3.8, 4) is 0 Å². The molecule has 2 aliphatic heterocycles. The number of aromatic nitrogens is 3. The first-order chi connectivity index (χ1) is 11.8. The molecule has 1 aromatic heterocycles. The van der Waals surface area contributed by atoms with Crippen molar-refractivity contribution in [1.82, 2.24) is 19.7 Å². The zero-order valence-electron chi connectivity index (χ0n) is 13.9. The summed E-state index contributed by atoms with van der Waals surface area (Å²) in [6, 6.07) is 10.6. The topological polar surface area (TPSA) is 52.4 Å². The van der Waals surface area contributed by atoms with Crippen LogP contribution >= 0.6 is 0 Å². The molecule has 2 aromatic rings. The maximum Gasteiger partial charge on any atom is 0.119 e. The Balaban J connectivity index is 1.40. The quantitative estimate of drug-likeness (QED) is 0.853. The van der Waals surface area contributed by atoms with Crippen LogP contribution < -0.4 is 0 Å². The summed E-state index contributed by atoms with van der Waals surface area (Å²) in [5.41, 5.74) is 1.16. The van der Waals surface area contributed by atoms with Crippen molar-refractivity contribution in [2.45, 2.75) is 25.1 Å². The highest BCUT2D eigenvalue weighted by atomic mass is 16.5. The Morgan fingerprint density at radius 2 is 2.00 bits per heavy atom. The molecule has 0 unspecified atom stereocenters. The number of nitrogens with zero attached hydrogens (tertiary/aromatic N) is 4. The number of hydrogen-bond donors (Lipinski definition) is 0. The minimum atomic E-state index is -0.177. The highest BCUT2D eigenvalue weighted by Crippen LogP contribution is 2.33. The van der Waals surface area contributed by atoms with Gasteiger partial charge in [0.25, 0.3) is 0 Å². The number of hydrogen-bond acceptors (Lipinski definition) is 5. The smallest absolute Gasteiger partial charge is 0.119 e. The molecule has 0 saturated carbocycles. The Morgan fingerprint density at radius 3 is 2.83 bits per heavy atom. The van der Waals surface area contributed by atoms with Gasteiger partial charge in [-0.15, -0.1) is 10.2 Å². The Hall–Kier alpha value is -1.76. The van der Waals surface area contributed by atoms with Crippen molar-refractivity contribution in [2.24, 2.45) is 5.92 Å². The second-order valence-corrected chi connectivity index (χ2v) is 6.97. The van der Waals surface area contributed by atoms with Gasteiger partial charge in [-0.3, -0.25) is 4.90 Å². The molecule has 2 fully saturated rings. The zero-order chi connectivity index (χ0) is 16.2. The Labute approximate surface area is 142 Å². The summed E-state index contributed by atoms with van der Waals surface area (Å²) in [5.74, 6) is 0.487. The summed E-state index contributed by atoms with van der Waals surface area (Å²) in [6.07, 6.45) is 4.57. The summed E-state index contributed by atoms with van der Waals surface area (Å²) >= 11 is 0. The second-order valence-electron chi connectivity index (χ2n) is 6.97. The minimum absolute atomic E-state index is 0.177. The summed E-state index contributed by atoms with van der Waals surface area (Å²) < 4.78 is 14.2. The van der Waals surface area contributed by atoms with Gasteiger partial charge in [0.15, 0.2) is 0 Å². The molecule has 2 aliphatic rings. The molecule has 0 bridgehead atoms. The highest BCUT2D eigenvalue weighted by Gasteiger charge is 2.43. The molecule has 4 rings (SSSR count). The molecule has 3 heterocycles. The van der Waals surface area contributed by atoms with Gasteiger partial charge in [-0.25, -0.2) is 0 Å². The standard InChI is InChI=1S/C18H24N4O2/c1-2-4-16(5-3-1)9-21-6-7-23-13-18(12-21)8-17(11-24-18)10-22-14-19-20-15-22/h1-5,14-15,17H,6-13H2/t17-,18-/m0/s1. The van der Waals surface area contributed by atoms with E-state index in [1.54, 1.807) is 12.7 Å². The summed E-state index contributed by atoms with van der Waals surface area (Å²) in [6.45, 7) is 5.99. The van der Waals surface area contributed by atoms with Gasteiger partial charge in [0, 0.05) is 32.1 Å². The normalized spacial score (nSPS) is 28.2. The molecule has 6 nitrogen and oxygen atoms in total. The van der Waals surface area contributed by atoms with Gasteiger partial charge in [-0.2, -0.15) is 0 Å². The molecular weight excluding hydrogens is 304 g/mol. The van der Waals surface area contributed by atoms with Crippen LogP contribution in [0.4, 0.5) is 0 Å². The summed E-state index contributed by atoms with van der Waals surface area (Å²) in [4.78, 5) is 2.46. The lowest BCUT2D eigenvalue weighted by atomic mass is 9.94. The lowest BCUT2D eigenvalue weighted by Gasteiger charge is -2.31. The molecule has 2 saturated heterocycles. The zero-order valence-corrected chi connectivity index (χ0v) is 13.9. The summed E-state index contributed by atoms with van der Waals surface area (Å²) in [5, 5.41) is 7.76. The second kappa shape index (κ2) is 7.01. The van der Waals surface area contributed by atoms with Gasteiger partial charge < -0.3 is 14.0 Å². The molecule has 0 radical (unpaired) electrons. The van der Waals surface area contributed by atoms with Crippen LogP contribution in [-0.4, -0.2) is 58.2 Å². The lowest BCUT2D eigenvalue weighted by molar-refractivity contribution is -0.0563. The van der Waals surface area contributed by atoms with Crippen molar-refractivity contribution in [1.29, 1.82) is 0 Å².